The summed E-state index contributed by atoms with van der Waals surface area (Å²) in [6.45, 7) is 0.887. The number of rotatable bonds is 1. The summed E-state index contributed by atoms with van der Waals surface area (Å²) in [5.74, 6) is 0. The standard InChI is InChI=1S/C9H10N4/c10-4-1-8-7-2-6-12-13-9(7)3-5-11-8/h2,6,8,11H,1,3,5H2. The van der Waals surface area contributed by atoms with Crippen molar-refractivity contribution in [2.75, 3.05) is 6.54 Å². The van der Waals surface area contributed by atoms with E-state index in [9.17, 15) is 0 Å². The molecule has 1 N–H and O–H groups in total. The Balaban J connectivity index is 2.32. The van der Waals surface area contributed by atoms with Crippen molar-refractivity contribution in [3.8, 4) is 6.07 Å². The van der Waals surface area contributed by atoms with Gasteiger partial charge >= 0.3 is 0 Å². The number of nitrogens with one attached hydrogen (secondary N) is 1. The Labute approximate surface area is 76.6 Å². The molecular weight excluding hydrogens is 164 g/mol. The summed E-state index contributed by atoms with van der Waals surface area (Å²) in [4.78, 5) is 0. The number of nitrogens with zero attached hydrogens (tertiary/aromatic N) is 3. The first-order valence-corrected chi connectivity index (χ1v) is 4.32. The molecule has 2 heterocycles. The molecule has 0 aromatic carbocycles. The van der Waals surface area contributed by atoms with Crippen LogP contribution in [0.25, 0.3) is 0 Å². The predicted molar refractivity (Wildman–Crippen MR) is 46.7 cm³/mol. The first kappa shape index (κ1) is 8.14. The molecule has 66 valence electrons. The van der Waals surface area contributed by atoms with Crippen LogP contribution in [0.5, 0.6) is 0 Å². The fourth-order valence-corrected chi connectivity index (χ4v) is 1.63. The molecule has 1 aromatic heterocycles. The first-order valence-electron chi connectivity index (χ1n) is 4.32. The molecule has 0 aliphatic carbocycles. The molecular formula is C9H10N4. The topological polar surface area (TPSA) is 61.6 Å². The summed E-state index contributed by atoms with van der Waals surface area (Å²) in [7, 11) is 0. The third-order valence-corrected chi connectivity index (χ3v) is 2.26. The molecule has 4 nitrogen and oxygen atoms in total. The van der Waals surface area contributed by atoms with Crippen LogP contribution in [0.4, 0.5) is 0 Å². The second-order valence-corrected chi connectivity index (χ2v) is 3.05. The minimum absolute atomic E-state index is 0.143. The van der Waals surface area contributed by atoms with Crippen molar-refractivity contribution in [2.45, 2.75) is 18.9 Å². The average molecular weight is 174 g/mol. The monoisotopic (exact) mass is 174 g/mol. The van der Waals surface area contributed by atoms with Crippen molar-refractivity contribution >= 4 is 0 Å². The molecule has 0 spiro atoms. The van der Waals surface area contributed by atoms with Gasteiger partial charge in [-0.15, -0.1) is 0 Å². The quantitative estimate of drug-likeness (QED) is 0.676. The van der Waals surface area contributed by atoms with Gasteiger partial charge in [0.2, 0.25) is 0 Å². The predicted octanol–water partition coefficient (Wildman–Crippen LogP) is 0.577. The van der Waals surface area contributed by atoms with E-state index in [4.69, 9.17) is 5.26 Å². The van der Waals surface area contributed by atoms with Crippen molar-refractivity contribution in [3.63, 3.8) is 0 Å². The normalized spacial score (nSPS) is 20.4. The maximum atomic E-state index is 8.62. The van der Waals surface area contributed by atoms with Gasteiger partial charge in [0.15, 0.2) is 0 Å². The van der Waals surface area contributed by atoms with E-state index in [2.05, 4.69) is 21.6 Å². The van der Waals surface area contributed by atoms with Crippen LogP contribution in [0.2, 0.25) is 0 Å². The van der Waals surface area contributed by atoms with Gasteiger partial charge in [0.1, 0.15) is 0 Å². The Morgan fingerprint density at radius 2 is 2.62 bits per heavy atom. The molecule has 13 heavy (non-hydrogen) atoms. The molecule has 1 aromatic rings. The Hall–Kier alpha value is -1.47. The number of hydrogen-bond acceptors (Lipinski definition) is 4. The van der Waals surface area contributed by atoms with Gasteiger partial charge in [0.05, 0.1) is 18.2 Å². The van der Waals surface area contributed by atoms with E-state index in [0.717, 1.165) is 24.2 Å². The molecule has 4 heteroatoms. The van der Waals surface area contributed by atoms with Gasteiger partial charge in [-0.05, 0) is 11.6 Å². The lowest BCUT2D eigenvalue weighted by Gasteiger charge is -2.23. The van der Waals surface area contributed by atoms with Gasteiger partial charge in [0, 0.05) is 25.2 Å². The highest BCUT2D eigenvalue weighted by Gasteiger charge is 2.19. The van der Waals surface area contributed by atoms with Crippen molar-refractivity contribution in [3.05, 3.63) is 23.5 Å². The number of aromatic nitrogens is 2. The second-order valence-electron chi connectivity index (χ2n) is 3.05. The lowest BCUT2D eigenvalue weighted by atomic mass is 9.98. The van der Waals surface area contributed by atoms with Gasteiger partial charge in [-0.25, -0.2) is 0 Å². The van der Waals surface area contributed by atoms with Crippen LogP contribution < -0.4 is 5.32 Å². The Morgan fingerprint density at radius 3 is 3.46 bits per heavy atom. The SMILES string of the molecule is N#CCC1NCCc2nnccc21. The Kier molecular flexibility index (Phi) is 2.19. The zero-order chi connectivity index (χ0) is 9.10. The third kappa shape index (κ3) is 1.51. The molecule has 1 aliphatic rings. The van der Waals surface area contributed by atoms with E-state index in [1.165, 1.54) is 0 Å². The van der Waals surface area contributed by atoms with Crippen LogP contribution >= 0.6 is 0 Å². The molecule has 0 amide bonds. The lowest BCUT2D eigenvalue weighted by Crippen LogP contribution is -2.30. The van der Waals surface area contributed by atoms with Gasteiger partial charge in [-0.1, -0.05) is 0 Å². The van der Waals surface area contributed by atoms with E-state index in [-0.39, 0.29) is 6.04 Å². The van der Waals surface area contributed by atoms with E-state index in [1.807, 2.05) is 6.07 Å². The Bertz CT molecular complexity index is 342. The molecule has 0 bridgehead atoms. The Morgan fingerprint density at radius 1 is 1.69 bits per heavy atom. The minimum atomic E-state index is 0.143. The maximum absolute atomic E-state index is 8.62. The van der Waals surface area contributed by atoms with E-state index in [0.29, 0.717) is 6.42 Å². The average Bonchev–Trinajstić information content (AvgIpc) is 2.19. The fraction of sp³-hybridized carbons (Fsp3) is 0.444. The summed E-state index contributed by atoms with van der Waals surface area (Å²) in [5.41, 5.74) is 2.16. The zero-order valence-corrected chi connectivity index (χ0v) is 7.20. The summed E-state index contributed by atoms with van der Waals surface area (Å²) in [5, 5.41) is 19.8. The number of fused-ring (bicyclic) bond motifs is 1. The van der Waals surface area contributed by atoms with Crippen molar-refractivity contribution in [1.82, 2.24) is 15.5 Å². The van der Waals surface area contributed by atoms with Crippen LogP contribution in [-0.2, 0) is 6.42 Å². The highest BCUT2D eigenvalue weighted by atomic mass is 15.1. The van der Waals surface area contributed by atoms with E-state index in [1.54, 1.807) is 6.20 Å². The van der Waals surface area contributed by atoms with Crippen LogP contribution in [0, 0.1) is 11.3 Å². The van der Waals surface area contributed by atoms with Crippen LogP contribution in [-0.4, -0.2) is 16.7 Å². The van der Waals surface area contributed by atoms with Crippen molar-refractivity contribution in [2.24, 2.45) is 0 Å². The molecule has 0 radical (unpaired) electrons. The molecule has 0 saturated carbocycles. The van der Waals surface area contributed by atoms with Gasteiger partial charge in [-0.2, -0.15) is 15.5 Å². The molecule has 1 atom stereocenters. The zero-order valence-electron chi connectivity index (χ0n) is 7.20. The highest BCUT2D eigenvalue weighted by molar-refractivity contribution is 5.25. The van der Waals surface area contributed by atoms with Crippen LogP contribution in [0.15, 0.2) is 12.3 Å². The largest absolute Gasteiger partial charge is 0.309 e. The fourth-order valence-electron chi connectivity index (χ4n) is 1.63. The molecule has 0 fully saturated rings. The first-order chi connectivity index (χ1) is 6.42. The summed E-state index contributed by atoms with van der Waals surface area (Å²) >= 11 is 0. The number of nitriles is 1. The van der Waals surface area contributed by atoms with Gasteiger partial charge in [0.25, 0.3) is 0 Å². The van der Waals surface area contributed by atoms with Gasteiger partial charge in [-0.3, -0.25) is 0 Å². The molecule has 0 saturated heterocycles. The van der Waals surface area contributed by atoms with Crippen LogP contribution in [0.3, 0.4) is 0 Å². The van der Waals surface area contributed by atoms with Crippen molar-refractivity contribution < 1.29 is 0 Å². The summed E-state index contributed by atoms with van der Waals surface area (Å²) in [6, 6.07) is 4.25. The van der Waals surface area contributed by atoms with Gasteiger partial charge < -0.3 is 5.32 Å². The van der Waals surface area contributed by atoms with E-state index < -0.39 is 0 Å². The maximum Gasteiger partial charge on any atom is 0.0691 e. The third-order valence-electron chi connectivity index (χ3n) is 2.26. The van der Waals surface area contributed by atoms with E-state index >= 15 is 0 Å². The summed E-state index contributed by atoms with van der Waals surface area (Å²) < 4.78 is 0. The second kappa shape index (κ2) is 3.50. The minimum Gasteiger partial charge on any atom is -0.309 e. The molecule has 2 rings (SSSR count). The lowest BCUT2D eigenvalue weighted by molar-refractivity contribution is 0.501. The molecule has 1 aliphatic heterocycles. The van der Waals surface area contributed by atoms with Crippen LogP contribution in [0.1, 0.15) is 23.7 Å². The summed E-state index contributed by atoms with van der Waals surface area (Å²) in [6.07, 6.45) is 3.08. The molecule has 1 unspecified atom stereocenters. The number of hydrogen-bond donors (Lipinski definition) is 1. The van der Waals surface area contributed by atoms with Crippen molar-refractivity contribution in [1.29, 1.82) is 5.26 Å². The highest BCUT2D eigenvalue weighted by Crippen LogP contribution is 2.22. The smallest absolute Gasteiger partial charge is 0.0691 e.